The largest absolute Gasteiger partial charge is 0.513 e. The highest BCUT2D eigenvalue weighted by molar-refractivity contribution is 5.95. The topological polar surface area (TPSA) is 76.2 Å². The fourth-order valence-corrected chi connectivity index (χ4v) is 3.17. The van der Waals surface area contributed by atoms with Crippen LogP contribution in [0.25, 0.3) is 6.08 Å². The van der Waals surface area contributed by atoms with Crippen molar-refractivity contribution < 1.29 is 23.9 Å². The van der Waals surface area contributed by atoms with E-state index in [-0.39, 0.29) is 18.4 Å². The summed E-state index contributed by atoms with van der Waals surface area (Å²) in [7, 11) is 0. The van der Waals surface area contributed by atoms with Crippen LogP contribution in [0, 0.1) is 6.92 Å². The number of hydrogen-bond acceptors (Lipinski definition) is 5. The molecule has 162 valence electrons. The van der Waals surface area contributed by atoms with Gasteiger partial charge in [0.15, 0.2) is 0 Å². The molecule has 1 saturated heterocycles. The predicted molar refractivity (Wildman–Crippen MR) is 117 cm³/mol. The molecule has 1 aliphatic rings. The fraction of sp³-hybridized carbons (Fsp3) is 0.292. The molecule has 0 aliphatic carbocycles. The number of ether oxygens (including phenoxy) is 2. The molecule has 0 bridgehead atoms. The van der Waals surface area contributed by atoms with Gasteiger partial charge in [-0.1, -0.05) is 29.8 Å². The number of amides is 2. The maximum atomic E-state index is 12.7. The molecule has 7 nitrogen and oxygen atoms in total. The fourth-order valence-electron chi connectivity index (χ4n) is 3.17. The van der Waals surface area contributed by atoms with Crippen LogP contribution in [0.4, 0.5) is 4.79 Å². The van der Waals surface area contributed by atoms with E-state index < -0.39 is 6.16 Å². The quantitative estimate of drug-likeness (QED) is 0.419. The van der Waals surface area contributed by atoms with Gasteiger partial charge in [-0.3, -0.25) is 9.59 Å². The van der Waals surface area contributed by atoms with Crippen molar-refractivity contribution in [2.75, 3.05) is 32.8 Å². The Morgan fingerprint density at radius 1 is 0.903 bits per heavy atom. The summed E-state index contributed by atoms with van der Waals surface area (Å²) >= 11 is 0. The third-order valence-electron chi connectivity index (χ3n) is 4.94. The van der Waals surface area contributed by atoms with Gasteiger partial charge >= 0.3 is 6.16 Å². The summed E-state index contributed by atoms with van der Waals surface area (Å²) in [6.45, 7) is 5.82. The van der Waals surface area contributed by atoms with E-state index in [9.17, 15) is 14.4 Å². The molecule has 7 heteroatoms. The lowest BCUT2D eigenvalue weighted by atomic mass is 10.1. The number of nitrogens with zero attached hydrogens (tertiary/aromatic N) is 2. The third-order valence-corrected chi connectivity index (χ3v) is 4.94. The zero-order valence-corrected chi connectivity index (χ0v) is 17.7. The highest BCUT2D eigenvalue weighted by Gasteiger charge is 2.24. The molecule has 1 heterocycles. The lowest BCUT2D eigenvalue weighted by molar-refractivity contribution is -0.127. The molecule has 2 amide bonds. The average molecular weight is 422 g/mol. The third kappa shape index (κ3) is 6.18. The van der Waals surface area contributed by atoms with Gasteiger partial charge in [-0.05, 0) is 49.8 Å². The molecular formula is C24H26N2O5. The smallest absolute Gasteiger partial charge is 0.434 e. The van der Waals surface area contributed by atoms with Crippen LogP contribution in [0.1, 0.15) is 28.4 Å². The Hall–Kier alpha value is -3.61. The number of rotatable bonds is 5. The first-order chi connectivity index (χ1) is 15.0. The van der Waals surface area contributed by atoms with E-state index in [1.807, 2.05) is 31.2 Å². The van der Waals surface area contributed by atoms with Gasteiger partial charge in [0.25, 0.3) is 5.91 Å². The standard InChI is InChI=1S/C24H26N2O5/c1-3-30-24(29)31-21-11-9-20(10-12-21)23(28)26-16-14-25(15-17-26)22(27)13-8-19-6-4-18(2)5-7-19/h4-13H,3,14-17H2,1-2H3/b13-8+. The molecule has 0 unspecified atom stereocenters. The van der Waals surface area contributed by atoms with Crippen molar-refractivity contribution in [2.24, 2.45) is 0 Å². The van der Waals surface area contributed by atoms with E-state index in [1.165, 1.54) is 5.56 Å². The Morgan fingerprint density at radius 3 is 2.13 bits per heavy atom. The highest BCUT2D eigenvalue weighted by Crippen LogP contribution is 2.16. The maximum Gasteiger partial charge on any atom is 0.513 e. The first-order valence-electron chi connectivity index (χ1n) is 10.2. The Kier molecular flexibility index (Phi) is 7.43. The average Bonchev–Trinajstić information content (AvgIpc) is 2.79. The van der Waals surface area contributed by atoms with Gasteiger partial charge in [-0.25, -0.2) is 4.79 Å². The lowest BCUT2D eigenvalue weighted by Gasteiger charge is -2.34. The van der Waals surface area contributed by atoms with Crippen molar-refractivity contribution in [1.29, 1.82) is 0 Å². The Bertz CT molecular complexity index is 943. The monoisotopic (exact) mass is 422 g/mol. The second kappa shape index (κ2) is 10.4. The van der Waals surface area contributed by atoms with Crippen molar-refractivity contribution in [2.45, 2.75) is 13.8 Å². The van der Waals surface area contributed by atoms with Crippen LogP contribution in [-0.4, -0.2) is 60.6 Å². The van der Waals surface area contributed by atoms with Crippen LogP contribution >= 0.6 is 0 Å². The molecule has 3 rings (SSSR count). The van der Waals surface area contributed by atoms with Crippen molar-refractivity contribution >= 4 is 24.0 Å². The lowest BCUT2D eigenvalue weighted by Crippen LogP contribution is -2.50. The first kappa shape index (κ1) is 22.1. The molecule has 2 aromatic carbocycles. The van der Waals surface area contributed by atoms with Crippen LogP contribution in [0.5, 0.6) is 5.75 Å². The summed E-state index contributed by atoms with van der Waals surface area (Å²) in [6, 6.07) is 14.3. The molecule has 1 fully saturated rings. The molecule has 0 aromatic heterocycles. The number of benzene rings is 2. The summed E-state index contributed by atoms with van der Waals surface area (Å²) in [6.07, 6.45) is 2.60. The number of aryl methyl sites for hydroxylation is 1. The molecule has 0 radical (unpaired) electrons. The van der Waals surface area contributed by atoms with Gasteiger partial charge in [0.2, 0.25) is 5.91 Å². The number of hydrogen-bond donors (Lipinski definition) is 0. The van der Waals surface area contributed by atoms with Gasteiger partial charge in [-0.15, -0.1) is 0 Å². The second-order valence-corrected chi connectivity index (χ2v) is 7.17. The number of carbonyl (C=O) groups is 3. The first-order valence-corrected chi connectivity index (χ1v) is 10.2. The summed E-state index contributed by atoms with van der Waals surface area (Å²) < 4.78 is 9.72. The Morgan fingerprint density at radius 2 is 1.52 bits per heavy atom. The predicted octanol–water partition coefficient (Wildman–Crippen LogP) is 3.53. The van der Waals surface area contributed by atoms with Crippen LogP contribution < -0.4 is 4.74 Å². The van der Waals surface area contributed by atoms with Gasteiger partial charge in [0, 0.05) is 37.8 Å². The van der Waals surface area contributed by atoms with Crippen molar-refractivity contribution in [3.63, 3.8) is 0 Å². The maximum absolute atomic E-state index is 12.7. The molecule has 0 spiro atoms. The summed E-state index contributed by atoms with van der Waals surface area (Å²) in [5, 5.41) is 0. The van der Waals surface area contributed by atoms with Crippen molar-refractivity contribution in [1.82, 2.24) is 9.80 Å². The summed E-state index contributed by atoms with van der Waals surface area (Å²) in [5.41, 5.74) is 2.64. The van der Waals surface area contributed by atoms with Crippen LogP contribution in [0.15, 0.2) is 54.6 Å². The number of piperazine rings is 1. The normalized spacial score (nSPS) is 13.9. The van der Waals surface area contributed by atoms with Gasteiger partial charge < -0.3 is 19.3 Å². The van der Waals surface area contributed by atoms with E-state index in [2.05, 4.69) is 0 Å². The summed E-state index contributed by atoms with van der Waals surface area (Å²) in [4.78, 5) is 40.0. The van der Waals surface area contributed by atoms with Crippen molar-refractivity contribution in [3.8, 4) is 5.75 Å². The van der Waals surface area contributed by atoms with Gasteiger partial charge in [0.05, 0.1) is 6.61 Å². The van der Waals surface area contributed by atoms with E-state index in [0.29, 0.717) is 37.5 Å². The zero-order chi connectivity index (χ0) is 22.2. The van der Waals surface area contributed by atoms with Gasteiger partial charge in [-0.2, -0.15) is 0 Å². The molecular weight excluding hydrogens is 396 g/mol. The second-order valence-electron chi connectivity index (χ2n) is 7.17. The minimum absolute atomic E-state index is 0.0619. The molecule has 31 heavy (non-hydrogen) atoms. The van der Waals surface area contributed by atoms with E-state index in [0.717, 1.165) is 5.56 Å². The zero-order valence-electron chi connectivity index (χ0n) is 17.7. The minimum atomic E-state index is -0.779. The molecule has 0 N–H and O–H groups in total. The number of carbonyl (C=O) groups excluding carboxylic acids is 3. The highest BCUT2D eigenvalue weighted by atomic mass is 16.7. The van der Waals surface area contributed by atoms with Crippen molar-refractivity contribution in [3.05, 3.63) is 71.3 Å². The molecule has 1 aliphatic heterocycles. The van der Waals surface area contributed by atoms with E-state index in [4.69, 9.17) is 9.47 Å². The van der Waals surface area contributed by atoms with E-state index >= 15 is 0 Å². The Balaban J connectivity index is 1.50. The summed E-state index contributed by atoms with van der Waals surface area (Å²) in [5.74, 6) is 0.129. The van der Waals surface area contributed by atoms with Crippen LogP contribution in [-0.2, 0) is 9.53 Å². The van der Waals surface area contributed by atoms with E-state index in [1.54, 1.807) is 53.1 Å². The van der Waals surface area contributed by atoms with Crippen LogP contribution in [0.3, 0.4) is 0 Å². The SMILES string of the molecule is CCOC(=O)Oc1ccc(C(=O)N2CCN(C(=O)/C=C/c3ccc(C)cc3)CC2)cc1. The molecule has 0 atom stereocenters. The van der Waals surface area contributed by atoms with Gasteiger partial charge in [0.1, 0.15) is 5.75 Å². The molecule has 0 saturated carbocycles. The minimum Gasteiger partial charge on any atom is -0.434 e. The van der Waals surface area contributed by atoms with Crippen LogP contribution in [0.2, 0.25) is 0 Å². The molecule has 2 aromatic rings. The Labute approximate surface area is 181 Å².